The van der Waals surface area contributed by atoms with E-state index >= 15 is 0 Å². The van der Waals surface area contributed by atoms with Gasteiger partial charge in [0.05, 0.1) is 18.8 Å². The molecule has 0 aliphatic rings. The maximum atomic E-state index is 5.57. The Kier molecular flexibility index (Phi) is 5.76. The van der Waals surface area contributed by atoms with Crippen LogP contribution in [0, 0.1) is 6.92 Å². The summed E-state index contributed by atoms with van der Waals surface area (Å²) in [5.41, 5.74) is 3.61. The van der Waals surface area contributed by atoms with Crippen LogP contribution in [0.25, 0.3) is 0 Å². The average molecular weight is 349 g/mol. The lowest BCUT2D eigenvalue weighted by Gasteiger charge is -2.21. The summed E-state index contributed by atoms with van der Waals surface area (Å²) in [5.74, 6) is 0.811. The molecule has 2 aromatic rings. The number of aromatic nitrogens is 1. The Balaban J connectivity index is 2.43. The van der Waals surface area contributed by atoms with Gasteiger partial charge < -0.3 is 10.1 Å². The maximum absolute atomic E-state index is 5.57. The van der Waals surface area contributed by atoms with Crippen molar-refractivity contribution in [2.75, 3.05) is 13.2 Å². The fourth-order valence-corrected chi connectivity index (χ4v) is 2.77. The first-order chi connectivity index (χ1) is 10.2. The van der Waals surface area contributed by atoms with Crippen molar-refractivity contribution in [2.24, 2.45) is 0 Å². The number of benzene rings is 1. The van der Waals surface area contributed by atoms with E-state index in [2.05, 4.69) is 64.3 Å². The molecule has 1 unspecified atom stereocenters. The zero-order valence-corrected chi connectivity index (χ0v) is 14.3. The Morgan fingerprint density at radius 2 is 2.10 bits per heavy atom. The third-order valence-electron chi connectivity index (χ3n) is 3.41. The molecule has 3 nitrogen and oxygen atoms in total. The molecule has 21 heavy (non-hydrogen) atoms. The standard InChI is InChI=1S/C17H21BrN2O/c1-4-20-17(15-7-6-8-16(18)12(15)3)13-9-14(21-5-2)11-19-10-13/h6-11,17,20H,4-5H2,1-3H3. The topological polar surface area (TPSA) is 34.2 Å². The molecule has 0 fully saturated rings. The second-order valence-corrected chi connectivity index (χ2v) is 5.69. The van der Waals surface area contributed by atoms with E-state index in [4.69, 9.17) is 4.74 Å². The monoisotopic (exact) mass is 348 g/mol. The summed E-state index contributed by atoms with van der Waals surface area (Å²) < 4.78 is 6.69. The number of pyridine rings is 1. The van der Waals surface area contributed by atoms with Gasteiger partial charge in [0, 0.05) is 10.7 Å². The molecule has 1 heterocycles. The maximum Gasteiger partial charge on any atom is 0.137 e. The summed E-state index contributed by atoms with van der Waals surface area (Å²) in [6, 6.07) is 8.46. The van der Waals surface area contributed by atoms with Crippen molar-refractivity contribution in [3.63, 3.8) is 0 Å². The highest BCUT2D eigenvalue weighted by molar-refractivity contribution is 9.10. The molecule has 0 aliphatic carbocycles. The van der Waals surface area contributed by atoms with Crippen LogP contribution in [0.4, 0.5) is 0 Å². The summed E-state index contributed by atoms with van der Waals surface area (Å²) in [6.07, 6.45) is 3.65. The smallest absolute Gasteiger partial charge is 0.137 e. The average Bonchev–Trinajstić information content (AvgIpc) is 2.49. The molecule has 0 aliphatic heterocycles. The number of rotatable bonds is 6. The molecule has 1 N–H and O–H groups in total. The molecule has 1 aromatic heterocycles. The predicted octanol–water partition coefficient (Wildman–Crippen LogP) is 4.25. The number of hydrogen-bond acceptors (Lipinski definition) is 3. The van der Waals surface area contributed by atoms with Crippen molar-refractivity contribution in [3.05, 3.63) is 57.8 Å². The van der Waals surface area contributed by atoms with E-state index in [1.165, 1.54) is 11.1 Å². The lowest BCUT2D eigenvalue weighted by molar-refractivity contribution is 0.338. The fourth-order valence-electron chi connectivity index (χ4n) is 2.39. The largest absolute Gasteiger partial charge is 0.492 e. The van der Waals surface area contributed by atoms with Crippen molar-refractivity contribution in [1.29, 1.82) is 0 Å². The molecule has 0 spiro atoms. The Bertz CT molecular complexity index is 601. The molecular formula is C17H21BrN2O. The first-order valence-electron chi connectivity index (χ1n) is 7.23. The number of hydrogen-bond donors (Lipinski definition) is 1. The molecule has 112 valence electrons. The van der Waals surface area contributed by atoms with Crippen LogP contribution in [0.15, 0.2) is 41.1 Å². The third-order valence-corrected chi connectivity index (χ3v) is 4.27. The summed E-state index contributed by atoms with van der Waals surface area (Å²) in [6.45, 7) is 7.75. The number of nitrogens with zero attached hydrogens (tertiary/aromatic N) is 1. The van der Waals surface area contributed by atoms with Crippen molar-refractivity contribution in [2.45, 2.75) is 26.8 Å². The molecule has 2 rings (SSSR count). The predicted molar refractivity (Wildman–Crippen MR) is 89.8 cm³/mol. The van der Waals surface area contributed by atoms with E-state index in [1.807, 2.05) is 13.1 Å². The Labute approximate surface area is 134 Å². The van der Waals surface area contributed by atoms with Crippen LogP contribution in [0.1, 0.15) is 36.6 Å². The van der Waals surface area contributed by atoms with E-state index in [1.54, 1.807) is 6.20 Å². The Morgan fingerprint density at radius 1 is 1.29 bits per heavy atom. The molecule has 0 saturated carbocycles. The van der Waals surface area contributed by atoms with Crippen molar-refractivity contribution in [3.8, 4) is 5.75 Å². The van der Waals surface area contributed by atoms with Crippen LogP contribution in [-0.4, -0.2) is 18.1 Å². The Morgan fingerprint density at radius 3 is 2.81 bits per heavy atom. The van der Waals surface area contributed by atoms with Gasteiger partial charge in [0.1, 0.15) is 5.75 Å². The minimum atomic E-state index is 0.111. The van der Waals surface area contributed by atoms with Gasteiger partial charge in [-0.2, -0.15) is 0 Å². The van der Waals surface area contributed by atoms with Gasteiger partial charge in [-0.25, -0.2) is 0 Å². The summed E-state index contributed by atoms with van der Waals surface area (Å²) >= 11 is 3.61. The van der Waals surface area contributed by atoms with Gasteiger partial charge in [-0.05, 0) is 49.2 Å². The van der Waals surface area contributed by atoms with Crippen LogP contribution in [0.5, 0.6) is 5.75 Å². The highest BCUT2D eigenvalue weighted by Crippen LogP contribution is 2.30. The normalized spacial score (nSPS) is 12.2. The lowest BCUT2D eigenvalue weighted by Crippen LogP contribution is -2.23. The molecule has 0 radical (unpaired) electrons. The van der Waals surface area contributed by atoms with E-state index in [0.29, 0.717) is 6.61 Å². The van der Waals surface area contributed by atoms with Gasteiger partial charge in [-0.1, -0.05) is 35.0 Å². The van der Waals surface area contributed by atoms with Crippen LogP contribution in [-0.2, 0) is 0 Å². The van der Waals surface area contributed by atoms with E-state index in [9.17, 15) is 0 Å². The van der Waals surface area contributed by atoms with Gasteiger partial charge in [0.15, 0.2) is 0 Å². The molecule has 1 aromatic carbocycles. The van der Waals surface area contributed by atoms with E-state index in [-0.39, 0.29) is 6.04 Å². The minimum absolute atomic E-state index is 0.111. The molecular weight excluding hydrogens is 328 g/mol. The highest BCUT2D eigenvalue weighted by Gasteiger charge is 2.17. The van der Waals surface area contributed by atoms with Crippen molar-refractivity contribution >= 4 is 15.9 Å². The van der Waals surface area contributed by atoms with Gasteiger partial charge in [-0.15, -0.1) is 0 Å². The third kappa shape index (κ3) is 3.83. The van der Waals surface area contributed by atoms with Crippen LogP contribution < -0.4 is 10.1 Å². The van der Waals surface area contributed by atoms with Crippen molar-refractivity contribution in [1.82, 2.24) is 10.3 Å². The second kappa shape index (κ2) is 7.57. The number of nitrogens with one attached hydrogen (secondary N) is 1. The van der Waals surface area contributed by atoms with Crippen LogP contribution >= 0.6 is 15.9 Å². The Hall–Kier alpha value is -1.39. The first-order valence-corrected chi connectivity index (χ1v) is 8.02. The lowest BCUT2D eigenvalue weighted by atomic mass is 9.96. The van der Waals surface area contributed by atoms with E-state index < -0.39 is 0 Å². The molecule has 0 saturated heterocycles. The number of halogens is 1. The second-order valence-electron chi connectivity index (χ2n) is 4.83. The quantitative estimate of drug-likeness (QED) is 0.847. The molecule has 0 bridgehead atoms. The van der Waals surface area contributed by atoms with Crippen molar-refractivity contribution < 1.29 is 4.74 Å². The van der Waals surface area contributed by atoms with Crippen LogP contribution in [0.2, 0.25) is 0 Å². The fraction of sp³-hybridized carbons (Fsp3) is 0.353. The van der Waals surface area contributed by atoms with E-state index in [0.717, 1.165) is 22.3 Å². The van der Waals surface area contributed by atoms with Gasteiger partial charge in [0.25, 0.3) is 0 Å². The molecule has 4 heteroatoms. The zero-order valence-electron chi connectivity index (χ0n) is 12.7. The number of ether oxygens (including phenoxy) is 1. The first kappa shape index (κ1) is 16.0. The minimum Gasteiger partial charge on any atom is -0.492 e. The van der Waals surface area contributed by atoms with Crippen LogP contribution in [0.3, 0.4) is 0 Å². The summed E-state index contributed by atoms with van der Waals surface area (Å²) in [4.78, 5) is 4.31. The SMILES string of the molecule is CCNC(c1cncc(OCC)c1)c1cccc(Br)c1C. The molecule has 0 amide bonds. The summed E-state index contributed by atoms with van der Waals surface area (Å²) in [5, 5.41) is 3.54. The van der Waals surface area contributed by atoms with Gasteiger partial charge in [-0.3, -0.25) is 4.98 Å². The van der Waals surface area contributed by atoms with Gasteiger partial charge in [0.2, 0.25) is 0 Å². The summed E-state index contributed by atoms with van der Waals surface area (Å²) in [7, 11) is 0. The zero-order chi connectivity index (χ0) is 15.2. The highest BCUT2D eigenvalue weighted by atomic mass is 79.9. The van der Waals surface area contributed by atoms with Gasteiger partial charge >= 0.3 is 0 Å². The molecule has 1 atom stereocenters.